The molecule has 24 heavy (non-hydrogen) atoms. The molecule has 1 aliphatic heterocycles. The van der Waals surface area contributed by atoms with E-state index in [1.54, 1.807) is 34.8 Å². The van der Waals surface area contributed by atoms with Crippen LogP contribution in [-0.4, -0.2) is 23.4 Å². The molecule has 1 aromatic heterocycles. The highest BCUT2D eigenvalue weighted by Gasteiger charge is 2.86. The standard InChI is InChI=1S/C17H15ClN2O3S/c18-10-1-3-11(4-2-10)24(21,22)20-15-12-8-19-23-13(12)7-14-16(5-6-16)9-17(14,15)20/h1-4,8,14-15H,5-7,9H2. The Hall–Kier alpha value is -1.37. The highest BCUT2D eigenvalue weighted by molar-refractivity contribution is 7.89. The van der Waals surface area contributed by atoms with E-state index in [2.05, 4.69) is 5.16 Å². The van der Waals surface area contributed by atoms with Gasteiger partial charge in [0.15, 0.2) is 0 Å². The molecular weight excluding hydrogens is 348 g/mol. The Morgan fingerprint density at radius 3 is 2.71 bits per heavy atom. The molecule has 2 spiro atoms. The summed E-state index contributed by atoms with van der Waals surface area (Å²) < 4.78 is 33.6. The van der Waals surface area contributed by atoms with Gasteiger partial charge in [-0.1, -0.05) is 16.8 Å². The van der Waals surface area contributed by atoms with Gasteiger partial charge in [-0.15, -0.1) is 0 Å². The number of nitrogens with zero attached hydrogens (tertiary/aromatic N) is 2. The molecule has 0 bridgehead atoms. The lowest BCUT2D eigenvalue weighted by Gasteiger charge is -2.48. The second kappa shape index (κ2) is 3.89. The molecule has 2 saturated carbocycles. The van der Waals surface area contributed by atoms with Crippen molar-refractivity contribution >= 4 is 21.6 Å². The van der Waals surface area contributed by atoms with Crippen LogP contribution in [0.5, 0.6) is 0 Å². The van der Waals surface area contributed by atoms with Crippen molar-refractivity contribution in [1.29, 1.82) is 0 Å². The Kier molecular flexibility index (Phi) is 2.25. The highest BCUT2D eigenvalue weighted by atomic mass is 35.5. The number of hydrogen-bond acceptors (Lipinski definition) is 4. The van der Waals surface area contributed by atoms with E-state index in [9.17, 15) is 8.42 Å². The van der Waals surface area contributed by atoms with Crippen LogP contribution in [0.25, 0.3) is 0 Å². The van der Waals surface area contributed by atoms with Crippen LogP contribution < -0.4 is 0 Å². The van der Waals surface area contributed by atoms with Crippen molar-refractivity contribution < 1.29 is 12.9 Å². The van der Waals surface area contributed by atoms with Crippen LogP contribution in [0.2, 0.25) is 5.02 Å². The Balaban J connectivity index is 1.48. The first-order valence-electron chi connectivity index (χ1n) is 8.23. The van der Waals surface area contributed by atoms with Gasteiger partial charge in [-0.2, -0.15) is 4.31 Å². The van der Waals surface area contributed by atoms with Gasteiger partial charge in [0, 0.05) is 17.0 Å². The lowest BCUT2D eigenvalue weighted by Crippen LogP contribution is -2.52. The fourth-order valence-corrected chi connectivity index (χ4v) is 7.54. The molecule has 2 aromatic rings. The first-order chi connectivity index (χ1) is 11.5. The van der Waals surface area contributed by atoms with E-state index >= 15 is 0 Å². The zero-order valence-corrected chi connectivity index (χ0v) is 14.3. The fraction of sp³-hybridized carbons (Fsp3) is 0.471. The van der Waals surface area contributed by atoms with Gasteiger partial charge in [0.1, 0.15) is 5.76 Å². The predicted molar refractivity (Wildman–Crippen MR) is 85.9 cm³/mol. The minimum atomic E-state index is -3.54. The SMILES string of the molecule is O=S(=O)(c1ccc(Cl)cc1)N1C2c3cnoc3CC3C4(CC4)CC231. The summed E-state index contributed by atoms with van der Waals surface area (Å²) in [6.45, 7) is 0. The van der Waals surface area contributed by atoms with Crippen LogP contribution in [0.15, 0.2) is 39.9 Å². The van der Waals surface area contributed by atoms with Crippen molar-refractivity contribution in [3.63, 3.8) is 0 Å². The van der Waals surface area contributed by atoms with E-state index in [0.29, 0.717) is 21.3 Å². The third-order valence-electron chi connectivity index (χ3n) is 6.65. The second-order valence-electron chi connectivity index (χ2n) is 7.65. The molecule has 4 atom stereocenters. The summed E-state index contributed by atoms with van der Waals surface area (Å²) in [5.74, 6) is 1.25. The van der Waals surface area contributed by atoms with Crippen molar-refractivity contribution in [2.24, 2.45) is 11.3 Å². The average Bonchev–Trinajstić information content (AvgIpc) is 3.43. The first-order valence-corrected chi connectivity index (χ1v) is 10.0. The van der Waals surface area contributed by atoms with Crippen LogP contribution in [-0.2, 0) is 16.4 Å². The number of rotatable bonds is 2. The maximum Gasteiger partial charge on any atom is 0.244 e. The quantitative estimate of drug-likeness (QED) is 0.770. The topological polar surface area (TPSA) is 63.2 Å². The Morgan fingerprint density at radius 2 is 2.00 bits per heavy atom. The van der Waals surface area contributed by atoms with Gasteiger partial charge in [-0.25, -0.2) is 8.42 Å². The molecule has 4 unspecified atom stereocenters. The molecule has 0 N–H and O–H groups in total. The molecule has 2 heterocycles. The molecular formula is C17H15ClN2O3S. The van der Waals surface area contributed by atoms with Crippen LogP contribution in [0, 0.1) is 11.3 Å². The van der Waals surface area contributed by atoms with E-state index in [4.69, 9.17) is 16.1 Å². The monoisotopic (exact) mass is 362 g/mol. The number of fused-ring (bicyclic) bond motifs is 3. The maximum atomic E-state index is 13.3. The van der Waals surface area contributed by atoms with Gasteiger partial charge in [-0.3, -0.25) is 0 Å². The van der Waals surface area contributed by atoms with Crippen LogP contribution in [0.3, 0.4) is 0 Å². The van der Waals surface area contributed by atoms with Crippen LogP contribution >= 0.6 is 11.6 Å². The summed E-state index contributed by atoms with van der Waals surface area (Å²) in [6.07, 6.45) is 5.92. The van der Waals surface area contributed by atoms with Crippen LogP contribution in [0.1, 0.15) is 36.6 Å². The van der Waals surface area contributed by atoms with Crippen molar-refractivity contribution in [1.82, 2.24) is 9.46 Å². The Morgan fingerprint density at radius 1 is 1.25 bits per heavy atom. The molecule has 3 fully saturated rings. The molecule has 3 aliphatic carbocycles. The van der Waals surface area contributed by atoms with Crippen molar-refractivity contribution in [3.8, 4) is 0 Å². The molecule has 7 heteroatoms. The minimum absolute atomic E-state index is 0.107. The van der Waals surface area contributed by atoms with E-state index in [1.807, 2.05) is 0 Å². The van der Waals surface area contributed by atoms with E-state index in [0.717, 1.165) is 24.2 Å². The van der Waals surface area contributed by atoms with Gasteiger partial charge in [0.2, 0.25) is 10.0 Å². The fourth-order valence-electron chi connectivity index (χ4n) is 5.44. The summed E-state index contributed by atoms with van der Waals surface area (Å²) in [6, 6.07) is 6.33. The van der Waals surface area contributed by atoms with Crippen molar-refractivity contribution in [3.05, 3.63) is 46.8 Å². The van der Waals surface area contributed by atoms with Gasteiger partial charge in [-0.05, 0) is 54.9 Å². The van der Waals surface area contributed by atoms with Crippen molar-refractivity contribution in [2.75, 3.05) is 0 Å². The summed E-state index contributed by atoms with van der Waals surface area (Å²) in [5, 5.41) is 4.47. The lowest BCUT2D eigenvalue weighted by atomic mass is 9.55. The summed E-state index contributed by atoms with van der Waals surface area (Å²) in [7, 11) is -3.54. The third-order valence-corrected chi connectivity index (χ3v) is 8.84. The van der Waals surface area contributed by atoms with E-state index < -0.39 is 10.0 Å². The molecule has 6 rings (SSSR count). The third kappa shape index (κ3) is 1.39. The number of sulfonamides is 1. The molecule has 0 amide bonds. The zero-order valence-electron chi connectivity index (χ0n) is 12.8. The molecule has 4 aliphatic rings. The number of aromatic nitrogens is 1. The average molecular weight is 363 g/mol. The summed E-state index contributed by atoms with van der Waals surface area (Å²) in [4.78, 5) is 0.309. The molecule has 1 aromatic carbocycles. The number of hydrogen-bond donors (Lipinski definition) is 0. The normalized spacial score (nSPS) is 37.1. The molecule has 124 valence electrons. The van der Waals surface area contributed by atoms with E-state index in [-0.39, 0.29) is 11.6 Å². The summed E-state index contributed by atoms with van der Waals surface area (Å²) >= 11 is 5.91. The Labute approximate surface area is 144 Å². The van der Waals surface area contributed by atoms with Gasteiger partial charge in [0.05, 0.1) is 22.7 Å². The smallest absolute Gasteiger partial charge is 0.244 e. The number of benzene rings is 1. The minimum Gasteiger partial charge on any atom is -0.361 e. The van der Waals surface area contributed by atoms with Crippen LogP contribution in [0.4, 0.5) is 0 Å². The van der Waals surface area contributed by atoms with Gasteiger partial charge in [0.25, 0.3) is 0 Å². The first kappa shape index (κ1) is 13.9. The molecule has 0 radical (unpaired) electrons. The number of halogens is 1. The predicted octanol–water partition coefficient (Wildman–Crippen LogP) is 3.17. The molecule has 1 saturated heterocycles. The van der Waals surface area contributed by atoms with Crippen molar-refractivity contribution in [2.45, 2.75) is 42.2 Å². The lowest BCUT2D eigenvalue weighted by molar-refractivity contribution is 0.0489. The maximum absolute atomic E-state index is 13.3. The Bertz CT molecular complexity index is 980. The molecule has 5 nitrogen and oxygen atoms in total. The highest BCUT2D eigenvalue weighted by Crippen LogP contribution is 2.83. The second-order valence-corrected chi connectivity index (χ2v) is 9.90. The van der Waals surface area contributed by atoms with Gasteiger partial charge >= 0.3 is 0 Å². The zero-order chi connectivity index (χ0) is 16.3. The largest absolute Gasteiger partial charge is 0.361 e. The van der Waals surface area contributed by atoms with E-state index in [1.165, 1.54) is 12.8 Å². The summed E-state index contributed by atoms with van der Waals surface area (Å²) in [5.41, 5.74) is 1.07. The van der Waals surface area contributed by atoms with Gasteiger partial charge < -0.3 is 4.52 Å².